The van der Waals surface area contributed by atoms with Gasteiger partial charge in [-0.15, -0.1) is 0 Å². The molecule has 210 valence electrons. The van der Waals surface area contributed by atoms with Crippen LogP contribution in [0.5, 0.6) is 0 Å². The van der Waals surface area contributed by atoms with Crippen molar-refractivity contribution in [2.75, 3.05) is 13.1 Å². The number of unbranched alkanes of at least 4 members (excludes halogenated alkanes) is 4. The maximum absolute atomic E-state index is 13.9. The molecule has 0 spiro atoms. The van der Waals surface area contributed by atoms with Crippen LogP contribution < -0.4 is 0 Å². The Balaban J connectivity index is 1.71. The van der Waals surface area contributed by atoms with Crippen molar-refractivity contribution in [3.63, 3.8) is 0 Å². The second-order valence-electron chi connectivity index (χ2n) is 11.6. The van der Waals surface area contributed by atoms with E-state index in [1.54, 1.807) is 0 Å². The molecule has 1 heterocycles. The second-order valence-corrected chi connectivity index (χ2v) is 11.6. The molecule has 5 nitrogen and oxygen atoms in total. The predicted octanol–water partition coefficient (Wildman–Crippen LogP) is 7.43. The highest BCUT2D eigenvalue weighted by Crippen LogP contribution is 2.25. The molecule has 1 aliphatic rings. The minimum atomic E-state index is 0.104. The summed E-state index contributed by atoms with van der Waals surface area (Å²) in [5, 5.41) is 0. The number of benzene rings is 1. The Labute approximate surface area is 231 Å². The van der Waals surface area contributed by atoms with Gasteiger partial charge in [0.1, 0.15) is 0 Å². The number of hydrogen-bond donors (Lipinski definition) is 0. The third-order valence-electron chi connectivity index (χ3n) is 7.94. The van der Waals surface area contributed by atoms with Gasteiger partial charge in [-0.2, -0.15) is 0 Å². The normalized spacial score (nSPS) is 14.1. The third kappa shape index (κ3) is 9.96. The molecule has 0 aliphatic heterocycles. The Morgan fingerprint density at radius 3 is 2.37 bits per heavy atom. The fourth-order valence-corrected chi connectivity index (χ4v) is 5.51. The molecule has 1 saturated carbocycles. The number of nitrogens with zero attached hydrogens (tertiary/aromatic N) is 3. The summed E-state index contributed by atoms with van der Waals surface area (Å²) in [6.45, 7) is 8.85. The van der Waals surface area contributed by atoms with Gasteiger partial charge in [-0.05, 0) is 49.3 Å². The van der Waals surface area contributed by atoms with Crippen LogP contribution in [0.3, 0.4) is 0 Å². The Morgan fingerprint density at radius 2 is 1.66 bits per heavy atom. The number of rotatable bonds is 16. The van der Waals surface area contributed by atoms with Crippen molar-refractivity contribution in [2.45, 2.75) is 117 Å². The van der Waals surface area contributed by atoms with Crippen LogP contribution in [0.2, 0.25) is 0 Å². The van der Waals surface area contributed by atoms with Crippen LogP contribution >= 0.6 is 0 Å². The van der Waals surface area contributed by atoms with Crippen molar-refractivity contribution in [3.8, 4) is 0 Å². The number of amides is 2. The SMILES string of the molecule is CCCCCCCC(=O)N(CCC(C)C)CC(=O)N(Cc1cccn1Cc1ccccc1)C1CCCCC1. The monoisotopic (exact) mass is 521 g/mol. The van der Waals surface area contributed by atoms with E-state index in [1.165, 1.54) is 44.1 Å². The van der Waals surface area contributed by atoms with Crippen molar-refractivity contribution >= 4 is 11.8 Å². The molecule has 2 aromatic rings. The van der Waals surface area contributed by atoms with Crippen molar-refractivity contribution in [3.05, 3.63) is 59.9 Å². The van der Waals surface area contributed by atoms with Crippen molar-refractivity contribution < 1.29 is 9.59 Å². The molecule has 2 amide bonds. The van der Waals surface area contributed by atoms with Gasteiger partial charge in [0.25, 0.3) is 0 Å². The first-order chi connectivity index (χ1) is 18.5. The number of carbonyl (C=O) groups excluding carboxylic acids is 2. The van der Waals surface area contributed by atoms with Gasteiger partial charge in [-0.1, -0.05) is 96.0 Å². The highest BCUT2D eigenvalue weighted by Gasteiger charge is 2.28. The molecule has 1 aliphatic carbocycles. The minimum Gasteiger partial charge on any atom is -0.345 e. The van der Waals surface area contributed by atoms with Gasteiger partial charge in [-0.25, -0.2) is 0 Å². The summed E-state index contributed by atoms with van der Waals surface area (Å²) < 4.78 is 2.26. The maximum atomic E-state index is 13.9. The van der Waals surface area contributed by atoms with Gasteiger partial charge >= 0.3 is 0 Å². The molecular weight excluding hydrogens is 470 g/mol. The van der Waals surface area contributed by atoms with Crippen LogP contribution in [-0.2, 0) is 22.7 Å². The summed E-state index contributed by atoms with van der Waals surface area (Å²) in [5.41, 5.74) is 2.41. The van der Waals surface area contributed by atoms with E-state index in [4.69, 9.17) is 0 Å². The van der Waals surface area contributed by atoms with Gasteiger partial charge in [0.2, 0.25) is 11.8 Å². The molecule has 0 atom stereocenters. The van der Waals surface area contributed by atoms with Crippen LogP contribution in [0, 0.1) is 5.92 Å². The quantitative estimate of drug-likeness (QED) is 0.216. The zero-order chi connectivity index (χ0) is 27.2. The summed E-state index contributed by atoms with van der Waals surface area (Å²) in [5.74, 6) is 0.750. The van der Waals surface area contributed by atoms with E-state index in [9.17, 15) is 9.59 Å². The lowest BCUT2D eigenvalue weighted by Gasteiger charge is -2.36. The minimum absolute atomic E-state index is 0.104. The van der Waals surface area contributed by atoms with Crippen LogP contribution in [-0.4, -0.2) is 45.3 Å². The van der Waals surface area contributed by atoms with Crippen molar-refractivity contribution in [1.82, 2.24) is 14.4 Å². The largest absolute Gasteiger partial charge is 0.345 e. The molecule has 1 fully saturated rings. The fourth-order valence-electron chi connectivity index (χ4n) is 5.51. The summed E-state index contributed by atoms with van der Waals surface area (Å²) in [7, 11) is 0. The van der Waals surface area contributed by atoms with Gasteiger partial charge < -0.3 is 14.4 Å². The lowest BCUT2D eigenvalue weighted by molar-refractivity contribution is -0.143. The Kier molecular flexibility index (Phi) is 13.0. The second kappa shape index (κ2) is 16.4. The average Bonchev–Trinajstić information content (AvgIpc) is 3.36. The van der Waals surface area contributed by atoms with Gasteiger partial charge in [0.15, 0.2) is 0 Å². The Hall–Kier alpha value is -2.56. The van der Waals surface area contributed by atoms with E-state index in [0.717, 1.165) is 44.3 Å². The van der Waals surface area contributed by atoms with E-state index < -0.39 is 0 Å². The highest BCUT2D eigenvalue weighted by molar-refractivity contribution is 5.85. The molecule has 0 unspecified atom stereocenters. The molecule has 0 radical (unpaired) electrons. The van der Waals surface area contributed by atoms with E-state index in [-0.39, 0.29) is 24.4 Å². The smallest absolute Gasteiger partial charge is 0.242 e. The van der Waals surface area contributed by atoms with Crippen molar-refractivity contribution in [2.24, 2.45) is 5.92 Å². The first kappa shape index (κ1) is 30.0. The summed E-state index contributed by atoms with van der Waals surface area (Å²) >= 11 is 0. The zero-order valence-electron chi connectivity index (χ0n) is 24.2. The average molecular weight is 522 g/mol. The van der Waals surface area contributed by atoms with Crippen LogP contribution in [0.1, 0.15) is 109 Å². The highest BCUT2D eigenvalue weighted by atomic mass is 16.2. The molecule has 0 N–H and O–H groups in total. The molecule has 5 heteroatoms. The summed E-state index contributed by atoms with van der Waals surface area (Å²) in [4.78, 5) is 31.2. The van der Waals surface area contributed by atoms with Crippen LogP contribution in [0.4, 0.5) is 0 Å². The number of hydrogen-bond acceptors (Lipinski definition) is 2. The van der Waals surface area contributed by atoms with E-state index >= 15 is 0 Å². The van der Waals surface area contributed by atoms with E-state index in [1.807, 2.05) is 11.0 Å². The molecule has 38 heavy (non-hydrogen) atoms. The molecule has 1 aromatic carbocycles. The first-order valence-electron chi connectivity index (χ1n) is 15.2. The zero-order valence-corrected chi connectivity index (χ0v) is 24.2. The topological polar surface area (TPSA) is 45.6 Å². The maximum Gasteiger partial charge on any atom is 0.242 e. The third-order valence-corrected chi connectivity index (χ3v) is 7.94. The van der Waals surface area contributed by atoms with Crippen molar-refractivity contribution in [1.29, 1.82) is 0 Å². The summed E-state index contributed by atoms with van der Waals surface area (Å²) in [6, 6.07) is 15.0. The standard InChI is InChI=1S/C33H51N3O2/c1-4-5-6-7-14-21-32(37)35(24-22-28(2)3)27-33(38)36(30-18-12-9-13-19-30)26-31-20-15-23-34(31)25-29-16-10-8-11-17-29/h8,10-11,15-17,20,23,28,30H,4-7,9,12-14,18-19,21-22,24-27H2,1-3H3. The van der Waals surface area contributed by atoms with Gasteiger partial charge in [-0.3, -0.25) is 9.59 Å². The Bertz CT molecular complexity index is 946. The molecule has 3 rings (SSSR count). The Morgan fingerprint density at radius 1 is 0.921 bits per heavy atom. The molecule has 1 aromatic heterocycles. The molecule has 0 bridgehead atoms. The number of carbonyl (C=O) groups is 2. The molecule has 0 saturated heterocycles. The molecular formula is C33H51N3O2. The van der Waals surface area contributed by atoms with E-state index in [2.05, 4.69) is 72.8 Å². The predicted molar refractivity (Wildman–Crippen MR) is 157 cm³/mol. The first-order valence-corrected chi connectivity index (χ1v) is 15.2. The van der Waals surface area contributed by atoms with Gasteiger partial charge in [0, 0.05) is 37.4 Å². The van der Waals surface area contributed by atoms with Crippen LogP contribution in [0.25, 0.3) is 0 Å². The van der Waals surface area contributed by atoms with E-state index in [0.29, 0.717) is 25.4 Å². The van der Waals surface area contributed by atoms with Gasteiger partial charge in [0.05, 0.1) is 13.1 Å². The summed E-state index contributed by atoms with van der Waals surface area (Å²) in [6.07, 6.45) is 14.9. The number of aromatic nitrogens is 1. The lowest BCUT2D eigenvalue weighted by Crippen LogP contribution is -2.48. The lowest BCUT2D eigenvalue weighted by atomic mass is 9.94. The van der Waals surface area contributed by atoms with Crippen LogP contribution in [0.15, 0.2) is 48.7 Å². The fraction of sp³-hybridized carbons (Fsp3) is 0.636.